The second-order valence-corrected chi connectivity index (χ2v) is 6.82. The number of nitrogens with zero attached hydrogens (tertiary/aromatic N) is 3. The van der Waals surface area contributed by atoms with Crippen LogP contribution in [0.1, 0.15) is 23.5 Å². The Morgan fingerprint density at radius 2 is 2.05 bits per heavy atom. The molecule has 1 fully saturated rings. The van der Waals surface area contributed by atoms with Gasteiger partial charge in [0.05, 0.1) is 6.07 Å². The second kappa shape index (κ2) is 5.61. The van der Waals surface area contributed by atoms with Gasteiger partial charge >= 0.3 is 0 Å². The van der Waals surface area contributed by atoms with Gasteiger partial charge < -0.3 is 4.90 Å². The summed E-state index contributed by atoms with van der Waals surface area (Å²) >= 11 is 4.86. The van der Waals surface area contributed by atoms with Crippen molar-refractivity contribution in [2.45, 2.75) is 19.4 Å². The molecule has 1 saturated heterocycles. The molecule has 0 radical (unpaired) electrons. The van der Waals surface area contributed by atoms with Crippen LogP contribution in [0.4, 0.5) is 0 Å². The number of rotatable bonds is 2. The molecule has 4 nitrogen and oxygen atoms in total. The summed E-state index contributed by atoms with van der Waals surface area (Å²) < 4.78 is 0.863. The fraction of sp³-hybridized carbons (Fsp3) is 0.538. The average Bonchev–Trinajstić information content (AvgIpc) is 2.84. The molecule has 1 aliphatic rings. The molecule has 1 aromatic rings. The van der Waals surface area contributed by atoms with Crippen molar-refractivity contribution < 1.29 is 4.79 Å². The molecule has 2 rings (SSSR count). The monoisotopic (exact) mass is 341 g/mol. The highest BCUT2D eigenvalue weighted by Gasteiger charge is 2.31. The minimum atomic E-state index is -0.460. The fourth-order valence-electron chi connectivity index (χ4n) is 2.13. The molecule has 1 amide bonds. The largest absolute Gasteiger partial charge is 0.335 e. The van der Waals surface area contributed by atoms with Gasteiger partial charge in [-0.25, -0.2) is 0 Å². The van der Waals surface area contributed by atoms with Crippen LogP contribution in [0.15, 0.2) is 15.9 Å². The van der Waals surface area contributed by atoms with Crippen molar-refractivity contribution in [3.05, 3.63) is 20.8 Å². The Bertz CT molecular complexity index is 512. The van der Waals surface area contributed by atoms with Gasteiger partial charge in [0.15, 0.2) is 0 Å². The van der Waals surface area contributed by atoms with E-state index in [9.17, 15) is 4.79 Å². The number of halogens is 1. The van der Waals surface area contributed by atoms with E-state index in [0.29, 0.717) is 13.1 Å². The van der Waals surface area contributed by atoms with Gasteiger partial charge in [-0.05, 0) is 41.2 Å². The molecule has 2 heterocycles. The maximum absolute atomic E-state index is 12.3. The lowest BCUT2D eigenvalue weighted by Gasteiger charge is -2.40. The normalized spacial score (nSPS) is 17.3. The highest BCUT2D eigenvalue weighted by molar-refractivity contribution is 9.10. The molecular formula is C13H16BrN3OS. The Hall–Kier alpha value is -0.900. The lowest BCUT2D eigenvalue weighted by molar-refractivity contribution is 0.0524. The second-order valence-electron chi connectivity index (χ2n) is 5.05. The van der Waals surface area contributed by atoms with Crippen molar-refractivity contribution in [2.24, 2.45) is 0 Å². The standard InChI is InChI=1S/C13H16BrN3OS/c1-13(2,9-15)17-6-4-16(5-7-17)12(18)11-10(14)3-8-19-11/h3,8H,4-7H2,1-2H3. The van der Waals surface area contributed by atoms with E-state index in [4.69, 9.17) is 5.26 Å². The average molecular weight is 342 g/mol. The van der Waals surface area contributed by atoms with Crippen LogP contribution in [-0.4, -0.2) is 47.4 Å². The molecule has 0 saturated carbocycles. The van der Waals surface area contributed by atoms with Crippen molar-refractivity contribution >= 4 is 33.2 Å². The zero-order valence-corrected chi connectivity index (χ0v) is 13.4. The molecule has 102 valence electrons. The van der Waals surface area contributed by atoms with Crippen LogP contribution in [0.5, 0.6) is 0 Å². The van der Waals surface area contributed by atoms with Crippen LogP contribution in [0.2, 0.25) is 0 Å². The summed E-state index contributed by atoms with van der Waals surface area (Å²) in [6.07, 6.45) is 0. The molecule has 0 atom stereocenters. The Kier molecular flexibility index (Phi) is 4.29. The first-order chi connectivity index (χ1) is 8.95. The third-order valence-corrected chi connectivity index (χ3v) is 5.27. The predicted octanol–water partition coefficient (Wildman–Crippen LogP) is 2.57. The van der Waals surface area contributed by atoms with Crippen LogP contribution in [-0.2, 0) is 0 Å². The summed E-state index contributed by atoms with van der Waals surface area (Å²) in [5.74, 6) is 0.0799. The first-order valence-corrected chi connectivity index (χ1v) is 7.81. The molecule has 6 heteroatoms. The molecular weight excluding hydrogens is 326 g/mol. The minimum absolute atomic E-state index is 0.0799. The van der Waals surface area contributed by atoms with Crippen LogP contribution in [0.3, 0.4) is 0 Å². The first kappa shape index (κ1) is 14.5. The van der Waals surface area contributed by atoms with E-state index in [1.165, 1.54) is 11.3 Å². The van der Waals surface area contributed by atoms with E-state index in [-0.39, 0.29) is 5.91 Å². The number of carbonyl (C=O) groups excluding carboxylic acids is 1. The third kappa shape index (κ3) is 2.99. The first-order valence-electron chi connectivity index (χ1n) is 6.14. The van der Waals surface area contributed by atoms with Crippen molar-refractivity contribution in [3.8, 4) is 6.07 Å². The van der Waals surface area contributed by atoms with Gasteiger partial charge in [0.25, 0.3) is 5.91 Å². The Morgan fingerprint density at radius 3 is 2.53 bits per heavy atom. The number of hydrogen-bond donors (Lipinski definition) is 0. The van der Waals surface area contributed by atoms with E-state index in [0.717, 1.165) is 22.4 Å². The number of carbonyl (C=O) groups is 1. The summed E-state index contributed by atoms with van der Waals surface area (Å²) in [6, 6.07) is 4.20. The number of nitriles is 1. The third-order valence-electron chi connectivity index (χ3n) is 3.44. The van der Waals surface area contributed by atoms with Gasteiger partial charge in [-0.3, -0.25) is 9.69 Å². The van der Waals surface area contributed by atoms with Crippen molar-refractivity contribution in [1.29, 1.82) is 5.26 Å². The zero-order valence-electron chi connectivity index (χ0n) is 11.0. The molecule has 0 N–H and O–H groups in total. The molecule has 0 aromatic carbocycles. The topological polar surface area (TPSA) is 47.3 Å². The van der Waals surface area contributed by atoms with Gasteiger partial charge in [-0.2, -0.15) is 5.26 Å². The van der Waals surface area contributed by atoms with E-state index in [1.54, 1.807) is 0 Å². The summed E-state index contributed by atoms with van der Waals surface area (Å²) in [5.41, 5.74) is -0.460. The molecule has 1 aliphatic heterocycles. The number of amides is 1. The molecule has 0 aliphatic carbocycles. The SMILES string of the molecule is CC(C)(C#N)N1CCN(C(=O)c2sccc2Br)CC1. The summed E-state index contributed by atoms with van der Waals surface area (Å²) in [6.45, 7) is 6.67. The molecule has 0 spiro atoms. The van der Waals surface area contributed by atoms with Crippen molar-refractivity contribution in [3.63, 3.8) is 0 Å². The lowest BCUT2D eigenvalue weighted by Crippen LogP contribution is -2.55. The number of hydrogen-bond acceptors (Lipinski definition) is 4. The minimum Gasteiger partial charge on any atom is -0.335 e. The number of piperazine rings is 1. The highest BCUT2D eigenvalue weighted by atomic mass is 79.9. The number of thiophene rings is 1. The van der Waals surface area contributed by atoms with Crippen LogP contribution < -0.4 is 0 Å². The highest BCUT2D eigenvalue weighted by Crippen LogP contribution is 2.25. The van der Waals surface area contributed by atoms with E-state index >= 15 is 0 Å². The van der Waals surface area contributed by atoms with Crippen LogP contribution >= 0.6 is 27.3 Å². The zero-order chi connectivity index (χ0) is 14.0. The molecule has 19 heavy (non-hydrogen) atoms. The smallest absolute Gasteiger partial charge is 0.265 e. The molecule has 0 bridgehead atoms. The van der Waals surface area contributed by atoms with Crippen LogP contribution in [0, 0.1) is 11.3 Å². The quantitative estimate of drug-likeness (QED) is 0.830. The molecule has 1 aromatic heterocycles. The summed E-state index contributed by atoms with van der Waals surface area (Å²) in [4.78, 5) is 17.1. The van der Waals surface area contributed by atoms with Gasteiger partial charge in [0.2, 0.25) is 0 Å². The van der Waals surface area contributed by atoms with Gasteiger partial charge in [-0.1, -0.05) is 0 Å². The van der Waals surface area contributed by atoms with E-state index in [1.807, 2.05) is 30.2 Å². The van der Waals surface area contributed by atoms with Gasteiger partial charge in [-0.15, -0.1) is 11.3 Å². The van der Waals surface area contributed by atoms with Crippen molar-refractivity contribution in [1.82, 2.24) is 9.80 Å². The summed E-state index contributed by atoms with van der Waals surface area (Å²) in [7, 11) is 0. The van der Waals surface area contributed by atoms with Gasteiger partial charge in [0.1, 0.15) is 10.4 Å². The Balaban J connectivity index is 2.00. The molecule has 0 unspecified atom stereocenters. The van der Waals surface area contributed by atoms with E-state index in [2.05, 4.69) is 26.9 Å². The predicted molar refractivity (Wildman–Crippen MR) is 79.2 cm³/mol. The van der Waals surface area contributed by atoms with E-state index < -0.39 is 5.54 Å². The Labute approximate surface area is 125 Å². The van der Waals surface area contributed by atoms with Crippen LogP contribution in [0.25, 0.3) is 0 Å². The summed E-state index contributed by atoms with van der Waals surface area (Å²) in [5, 5.41) is 11.0. The maximum atomic E-state index is 12.3. The lowest BCUT2D eigenvalue weighted by atomic mass is 10.0. The van der Waals surface area contributed by atoms with Gasteiger partial charge in [0, 0.05) is 30.7 Å². The van der Waals surface area contributed by atoms with Crippen molar-refractivity contribution in [2.75, 3.05) is 26.2 Å². The maximum Gasteiger partial charge on any atom is 0.265 e. The fourth-order valence-corrected chi connectivity index (χ4v) is 3.64. The Morgan fingerprint density at radius 1 is 1.42 bits per heavy atom.